The SMILES string of the molecule is CC(C)C[C@H](NC(=O)NCCc1cccc(F)c1)C(=O)O. The molecule has 6 heteroatoms. The van der Waals surface area contributed by atoms with E-state index in [1.165, 1.54) is 12.1 Å². The summed E-state index contributed by atoms with van der Waals surface area (Å²) < 4.78 is 13.0. The minimum atomic E-state index is -1.05. The highest BCUT2D eigenvalue weighted by atomic mass is 19.1. The fourth-order valence-corrected chi connectivity index (χ4v) is 1.92. The molecule has 21 heavy (non-hydrogen) atoms. The number of amides is 2. The fourth-order valence-electron chi connectivity index (χ4n) is 1.92. The van der Waals surface area contributed by atoms with Crippen molar-refractivity contribution < 1.29 is 19.1 Å². The monoisotopic (exact) mass is 296 g/mol. The third-order valence-corrected chi connectivity index (χ3v) is 2.90. The Balaban J connectivity index is 2.37. The highest BCUT2D eigenvalue weighted by Crippen LogP contribution is 2.05. The van der Waals surface area contributed by atoms with Gasteiger partial charge in [0.25, 0.3) is 0 Å². The number of halogens is 1. The van der Waals surface area contributed by atoms with Crippen molar-refractivity contribution in [1.82, 2.24) is 10.6 Å². The van der Waals surface area contributed by atoms with Crippen LogP contribution < -0.4 is 10.6 Å². The Bertz CT molecular complexity index is 492. The average molecular weight is 296 g/mol. The number of aliphatic carboxylic acids is 1. The van der Waals surface area contributed by atoms with Crippen molar-refractivity contribution in [3.05, 3.63) is 35.6 Å². The molecule has 0 unspecified atom stereocenters. The van der Waals surface area contributed by atoms with Crippen LogP contribution in [-0.4, -0.2) is 29.7 Å². The quantitative estimate of drug-likeness (QED) is 0.721. The number of hydrogen-bond acceptors (Lipinski definition) is 2. The molecule has 0 radical (unpaired) electrons. The first-order valence-corrected chi connectivity index (χ1v) is 6.90. The van der Waals surface area contributed by atoms with Gasteiger partial charge in [-0.3, -0.25) is 0 Å². The maximum atomic E-state index is 13.0. The van der Waals surface area contributed by atoms with Crippen LogP contribution in [0.1, 0.15) is 25.8 Å². The smallest absolute Gasteiger partial charge is 0.326 e. The summed E-state index contributed by atoms with van der Waals surface area (Å²) in [5.41, 5.74) is 0.771. The number of carbonyl (C=O) groups is 2. The summed E-state index contributed by atoms with van der Waals surface area (Å²) in [4.78, 5) is 22.7. The second-order valence-electron chi connectivity index (χ2n) is 5.30. The Kier molecular flexibility index (Phi) is 6.65. The van der Waals surface area contributed by atoms with E-state index in [2.05, 4.69) is 10.6 Å². The van der Waals surface area contributed by atoms with E-state index in [-0.39, 0.29) is 11.7 Å². The first-order chi connectivity index (χ1) is 9.88. The van der Waals surface area contributed by atoms with Crippen LogP contribution in [0.25, 0.3) is 0 Å². The number of hydrogen-bond donors (Lipinski definition) is 3. The van der Waals surface area contributed by atoms with Crippen molar-refractivity contribution in [2.75, 3.05) is 6.54 Å². The normalized spacial score (nSPS) is 12.0. The molecule has 0 aliphatic heterocycles. The first-order valence-electron chi connectivity index (χ1n) is 6.90. The van der Waals surface area contributed by atoms with Gasteiger partial charge in [0.05, 0.1) is 0 Å². The summed E-state index contributed by atoms with van der Waals surface area (Å²) in [5.74, 6) is -1.21. The molecular formula is C15H21FN2O3. The van der Waals surface area contributed by atoms with Gasteiger partial charge < -0.3 is 15.7 Å². The number of urea groups is 1. The van der Waals surface area contributed by atoms with E-state index in [4.69, 9.17) is 5.11 Å². The molecule has 5 nitrogen and oxygen atoms in total. The number of carbonyl (C=O) groups excluding carboxylic acids is 1. The summed E-state index contributed by atoms with van der Waals surface area (Å²) in [6.45, 7) is 4.09. The van der Waals surface area contributed by atoms with Crippen LogP contribution in [0.15, 0.2) is 24.3 Å². The van der Waals surface area contributed by atoms with E-state index in [0.717, 1.165) is 5.56 Å². The zero-order valence-electron chi connectivity index (χ0n) is 12.2. The standard InChI is InChI=1S/C15H21FN2O3/c1-10(2)8-13(14(19)20)18-15(21)17-7-6-11-4-3-5-12(16)9-11/h3-5,9-10,13H,6-8H2,1-2H3,(H,19,20)(H2,17,18,21)/t13-/m0/s1. The predicted molar refractivity (Wildman–Crippen MR) is 77.5 cm³/mol. The molecule has 0 saturated heterocycles. The molecule has 0 aliphatic rings. The van der Waals surface area contributed by atoms with Crippen molar-refractivity contribution in [3.63, 3.8) is 0 Å². The van der Waals surface area contributed by atoms with Crippen molar-refractivity contribution in [1.29, 1.82) is 0 Å². The lowest BCUT2D eigenvalue weighted by Gasteiger charge is -2.16. The summed E-state index contributed by atoms with van der Waals surface area (Å²) >= 11 is 0. The Morgan fingerprint density at radius 2 is 2.05 bits per heavy atom. The molecule has 0 bridgehead atoms. The highest BCUT2D eigenvalue weighted by molar-refractivity contribution is 5.82. The number of carboxylic acid groups (broad SMARTS) is 1. The number of carboxylic acids is 1. The molecule has 3 N–H and O–H groups in total. The van der Waals surface area contributed by atoms with Crippen LogP contribution in [0, 0.1) is 11.7 Å². The van der Waals surface area contributed by atoms with Gasteiger partial charge in [0.15, 0.2) is 0 Å². The molecular weight excluding hydrogens is 275 g/mol. The molecule has 0 fully saturated rings. The van der Waals surface area contributed by atoms with Crippen LogP contribution >= 0.6 is 0 Å². The predicted octanol–water partition coefficient (Wildman–Crippen LogP) is 2.17. The number of benzene rings is 1. The number of nitrogens with one attached hydrogen (secondary N) is 2. The molecule has 0 heterocycles. The van der Waals surface area contributed by atoms with Crippen molar-refractivity contribution in [2.45, 2.75) is 32.7 Å². The molecule has 1 aromatic rings. The summed E-state index contributed by atoms with van der Waals surface area (Å²) in [6, 6.07) is 4.69. The van der Waals surface area contributed by atoms with Crippen LogP contribution in [0.5, 0.6) is 0 Å². The molecule has 116 valence electrons. The summed E-state index contributed by atoms with van der Waals surface area (Å²) in [7, 11) is 0. The van der Waals surface area contributed by atoms with Crippen LogP contribution in [0.4, 0.5) is 9.18 Å². The number of rotatable bonds is 7. The van der Waals surface area contributed by atoms with Gasteiger partial charge in [-0.25, -0.2) is 14.0 Å². The molecule has 1 aromatic carbocycles. The highest BCUT2D eigenvalue weighted by Gasteiger charge is 2.20. The van der Waals surface area contributed by atoms with Gasteiger partial charge in [0.1, 0.15) is 11.9 Å². The van der Waals surface area contributed by atoms with Crippen LogP contribution in [0.3, 0.4) is 0 Å². The molecule has 1 atom stereocenters. The first kappa shape index (κ1) is 16.9. The third-order valence-electron chi connectivity index (χ3n) is 2.90. The lowest BCUT2D eigenvalue weighted by Crippen LogP contribution is -2.47. The molecule has 2 amide bonds. The minimum Gasteiger partial charge on any atom is -0.480 e. The molecule has 0 saturated carbocycles. The summed E-state index contributed by atoms with van der Waals surface area (Å²) in [6.07, 6.45) is 0.847. The zero-order valence-corrected chi connectivity index (χ0v) is 12.2. The minimum absolute atomic E-state index is 0.165. The van der Waals surface area contributed by atoms with Crippen LogP contribution in [0.2, 0.25) is 0 Å². The Morgan fingerprint density at radius 3 is 2.62 bits per heavy atom. The molecule has 0 spiro atoms. The topological polar surface area (TPSA) is 78.4 Å². The zero-order chi connectivity index (χ0) is 15.8. The van der Waals surface area contributed by atoms with Gasteiger partial charge in [-0.2, -0.15) is 0 Å². The van der Waals surface area contributed by atoms with Gasteiger partial charge in [-0.1, -0.05) is 26.0 Å². The van der Waals surface area contributed by atoms with Gasteiger partial charge in [0.2, 0.25) is 0 Å². The van der Waals surface area contributed by atoms with E-state index >= 15 is 0 Å². The van der Waals surface area contributed by atoms with Gasteiger partial charge in [0, 0.05) is 6.54 Å². The lowest BCUT2D eigenvalue weighted by molar-refractivity contribution is -0.139. The van der Waals surface area contributed by atoms with Crippen molar-refractivity contribution >= 4 is 12.0 Å². The fraction of sp³-hybridized carbons (Fsp3) is 0.467. The second-order valence-corrected chi connectivity index (χ2v) is 5.30. The lowest BCUT2D eigenvalue weighted by atomic mass is 10.0. The molecule has 0 aromatic heterocycles. The Morgan fingerprint density at radius 1 is 1.33 bits per heavy atom. The van der Waals surface area contributed by atoms with Crippen LogP contribution in [-0.2, 0) is 11.2 Å². The Hall–Kier alpha value is -2.11. The van der Waals surface area contributed by atoms with E-state index < -0.39 is 18.0 Å². The van der Waals surface area contributed by atoms with Gasteiger partial charge >= 0.3 is 12.0 Å². The average Bonchev–Trinajstić information content (AvgIpc) is 2.37. The van der Waals surface area contributed by atoms with E-state index in [9.17, 15) is 14.0 Å². The molecule has 1 rings (SSSR count). The van der Waals surface area contributed by atoms with Crippen molar-refractivity contribution in [3.8, 4) is 0 Å². The largest absolute Gasteiger partial charge is 0.480 e. The van der Waals surface area contributed by atoms with Crippen molar-refractivity contribution in [2.24, 2.45) is 5.92 Å². The second kappa shape index (κ2) is 8.24. The molecule has 0 aliphatic carbocycles. The van der Waals surface area contributed by atoms with Gasteiger partial charge in [-0.05, 0) is 36.5 Å². The van der Waals surface area contributed by atoms with Gasteiger partial charge in [-0.15, -0.1) is 0 Å². The van der Waals surface area contributed by atoms with E-state index in [1.807, 2.05) is 13.8 Å². The Labute approximate surface area is 123 Å². The summed E-state index contributed by atoms with van der Waals surface area (Å²) in [5, 5.41) is 14.0. The maximum absolute atomic E-state index is 13.0. The third kappa shape index (κ3) is 6.74. The van der Waals surface area contributed by atoms with E-state index in [0.29, 0.717) is 19.4 Å². The van der Waals surface area contributed by atoms with E-state index in [1.54, 1.807) is 12.1 Å². The maximum Gasteiger partial charge on any atom is 0.326 e.